The third-order valence-corrected chi connectivity index (χ3v) is 3.42. The fraction of sp³-hybridized carbons (Fsp3) is 0.500. The van der Waals surface area contributed by atoms with Crippen LogP contribution in [-0.2, 0) is 6.54 Å². The van der Waals surface area contributed by atoms with Crippen LogP contribution < -0.4 is 5.73 Å². The third-order valence-electron chi connectivity index (χ3n) is 3.21. The van der Waals surface area contributed by atoms with Crippen molar-refractivity contribution in [3.63, 3.8) is 0 Å². The fourth-order valence-corrected chi connectivity index (χ4v) is 2.06. The highest BCUT2D eigenvalue weighted by Gasteiger charge is 2.21. The SMILES string of the molecule is CN(Cc1ccnc(C(N)=S)c1)C1CCC1. The first kappa shape index (κ1) is 11.5. The zero-order valence-electron chi connectivity index (χ0n) is 9.52. The van der Waals surface area contributed by atoms with E-state index in [-0.39, 0.29) is 0 Å². The molecule has 0 spiro atoms. The molecule has 86 valence electrons. The highest BCUT2D eigenvalue weighted by Crippen LogP contribution is 2.24. The van der Waals surface area contributed by atoms with Gasteiger partial charge in [-0.15, -0.1) is 0 Å². The van der Waals surface area contributed by atoms with E-state index in [4.69, 9.17) is 18.0 Å². The van der Waals surface area contributed by atoms with Gasteiger partial charge in [0.2, 0.25) is 0 Å². The third kappa shape index (κ3) is 2.57. The minimum absolute atomic E-state index is 0.369. The zero-order valence-corrected chi connectivity index (χ0v) is 10.3. The molecule has 1 fully saturated rings. The van der Waals surface area contributed by atoms with Crippen molar-refractivity contribution < 1.29 is 0 Å². The Hall–Kier alpha value is -1.00. The molecule has 1 aliphatic carbocycles. The van der Waals surface area contributed by atoms with Crippen LogP contribution >= 0.6 is 12.2 Å². The number of hydrogen-bond donors (Lipinski definition) is 1. The van der Waals surface area contributed by atoms with Gasteiger partial charge in [-0.05, 0) is 37.6 Å². The van der Waals surface area contributed by atoms with Gasteiger partial charge in [0.15, 0.2) is 0 Å². The van der Waals surface area contributed by atoms with Crippen LogP contribution in [0.3, 0.4) is 0 Å². The van der Waals surface area contributed by atoms with Crippen molar-refractivity contribution in [2.45, 2.75) is 31.8 Å². The van der Waals surface area contributed by atoms with Crippen molar-refractivity contribution in [3.05, 3.63) is 29.6 Å². The smallest absolute Gasteiger partial charge is 0.122 e. The molecule has 0 radical (unpaired) electrons. The van der Waals surface area contributed by atoms with Gasteiger partial charge in [-0.25, -0.2) is 0 Å². The Kier molecular flexibility index (Phi) is 3.51. The molecule has 3 nitrogen and oxygen atoms in total. The van der Waals surface area contributed by atoms with Crippen LogP contribution in [0.15, 0.2) is 18.3 Å². The number of hydrogen-bond acceptors (Lipinski definition) is 3. The maximum absolute atomic E-state index is 5.57. The second-order valence-corrected chi connectivity index (χ2v) is 4.85. The molecule has 1 heterocycles. The van der Waals surface area contributed by atoms with E-state index in [0.717, 1.165) is 18.3 Å². The summed E-state index contributed by atoms with van der Waals surface area (Å²) in [7, 11) is 2.17. The van der Waals surface area contributed by atoms with Crippen LogP contribution in [0.5, 0.6) is 0 Å². The lowest BCUT2D eigenvalue weighted by atomic mass is 9.91. The minimum atomic E-state index is 0.369. The standard InChI is InChI=1S/C12H17N3S/c1-15(10-3-2-4-10)8-9-5-6-14-11(7-9)12(13)16/h5-7,10H,2-4,8H2,1H3,(H2,13,16). The summed E-state index contributed by atoms with van der Waals surface area (Å²) >= 11 is 4.92. The second kappa shape index (κ2) is 4.89. The summed E-state index contributed by atoms with van der Waals surface area (Å²) in [5.41, 5.74) is 7.51. The van der Waals surface area contributed by atoms with Gasteiger partial charge >= 0.3 is 0 Å². The van der Waals surface area contributed by atoms with Crippen molar-refractivity contribution >= 4 is 17.2 Å². The molecule has 4 heteroatoms. The van der Waals surface area contributed by atoms with Gasteiger partial charge in [0.25, 0.3) is 0 Å². The molecule has 0 aromatic carbocycles. The number of nitrogens with two attached hydrogens (primary N) is 1. The van der Waals surface area contributed by atoms with Gasteiger partial charge < -0.3 is 5.73 Å². The number of thiocarbonyl (C=S) groups is 1. The predicted octanol–water partition coefficient (Wildman–Crippen LogP) is 1.70. The van der Waals surface area contributed by atoms with E-state index in [0.29, 0.717) is 4.99 Å². The van der Waals surface area contributed by atoms with Crippen molar-refractivity contribution in [3.8, 4) is 0 Å². The largest absolute Gasteiger partial charge is 0.388 e. The molecular weight excluding hydrogens is 218 g/mol. The Labute approximate surface area is 102 Å². The lowest BCUT2D eigenvalue weighted by molar-refractivity contribution is 0.152. The molecule has 2 N–H and O–H groups in total. The van der Waals surface area contributed by atoms with E-state index >= 15 is 0 Å². The molecule has 1 aromatic rings. The second-order valence-electron chi connectivity index (χ2n) is 4.41. The molecular formula is C12H17N3S. The zero-order chi connectivity index (χ0) is 11.5. The monoisotopic (exact) mass is 235 g/mol. The van der Waals surface area contributed by atoms with Gasteiger partial charge in [-0.1, -0.05) is 18.6 Å². The maximum Gasteiger partial charge on any atom is 0.122 e. The van der Waals surface area contributed by atoms with E-state index < -0.39 is 0 Å². The number of aromatic nitrogens is 1. The normalized spacial score (nSPS) is 16.1. The summed E-state index contributed by atoms with van der Waals surface area (Å²) in [6, 6.07) is 4.76. The van der Waals surface area contributed by atoms with E-state index in [1.807, 2.05) is 12.1 Å². The molecule has 0 atom stereocenters. The number of pyridine rings is 1. The summed E-state index contributed by atoms with van der Waals surface area (Å²) < 4.78 is 0. The molecule has 0 unspecified atom stereocenters. The molecule has 0 amide bonds. The van der Waals surface area contributed by atoms with Gasteiger partial charge in [0.05, 0.1) is 5.69 Å². The van der Waals surface area contributed by atoms with Gasteiger partial charge in [-0.2, -0.15) is 0 Å². The first-order chi connectivity index (χ1) is 7.66. The first-order valence-electron chi connectivity index (χ1n) is 5.62. The maximum atomic E-state index is 5.57. The molecule has 2 rings (SSSR count). The van der Waals surface area contributed by atoms with Crippen molar-refractivity contribution in [2.75, 3.05) is 7.05 Å². The summed E-state index contributed by atoms with van der Waals surface area (Å²) in [5, 5.41) is 0. The van der Waals surface area contributed by atoms with E-state index in [2.05, 4.69) is 16.9 Å². The molecule has 16 heavy (non-hydrogen) atoms. The minimum Gasteiger partial charge on any atom is -0.388 e. The van der Waals surface area contributed by atoms with Crippen molar-refractivity contribution in [1.82, 2.24) is 9.88 Å². The van der Waals surface area contributed by atoms with Crippen LogP contribution in [0.2, 0.25) is 0 Å². The molecule has 0 bridgehead atoms. The number of nitrogens with zero attached hydrogens (tertiary/aromatic N) is 2. The van der Waals surface area contributed by atoms with Crippen LogP contribution in [0.4, 0.5) is 0 Å². The van der Waals surface area contributed by atoms with E-state index in [1.54, 1.807) is 6.20 Å². The summed E-state index contributed by atoms with van der Waals surface area (Å²) in [4.78, 5) is 6.90. The van der Waals surface area contributed by atoms with Crippen molar-refractivity contribution in [1.29, 1.82) is 0 Å². The van der Waals surface area contributed by atoms with Gasteiger partial charge in [-0.3, -0.25) is 9.88 Å². The molecule has 0 saturated heterocycles. The van der Waals surface area contributed by atoms with Gasteiger partial charge in [0.1, 0.15) is 4.99 Å². The van der Waals surface area contributed by atoms with Crippen LogP contribution in [-0.4, -0.2) is 28.0 Å². The highest BCUT2D eigenvalue weighted by molar-refractivity contribution is 7.80. The summed E-state index contributed by atoms with van der Waals surface area (Å²) in [5.74, 6) is 0. The average molecular weight is 235 g/mol. The summed E-state index contributed by atoms with van der Waals surface area (Å²) in [6.07, 6.45) is 5.79. The Morgan fingerprint density at radius 2 is 2.38 bits per heavy atom. The van der Waals surface area contributed by atoms with E-state index in [9.17, 15) is 0 Å². The lowest BCUT2D eigenvalue weighted by Crippen LogP contribution is -2.36. The van der Waals surface area contributed by atoms with E-state index in [1.165, 1.54) is 24.8 Å². The highest BCUT2D eigenvalue weighted by atomic mass is 32.1. The van der Waals surface area contributed by atoms with Gasteiger partial charge in [0, 0.05) is 18.8 Å². The van der Waals surface area contributed by atoms with Crippen LogP contribution in [0.25, 0.3) is 0 Å². The topological polar surface area (TPSA) is 42.2 Å². The van der Waals surface area contributed by atoms with Crippen molar-refractivity contribution in [2.24, 2.45) is 5.73 Å². The molecule has 1 aliphatic rings. The summed E-state index contributed by atoms with van der Waals surface area (Å²) in [6.45, 7) is 0.947. The number of rotatable bonds is 4. The Morgan fingerprint density at radius 3 is 2.94 bits per heavy atom. The molecule has 1 aromatic heterocycles. The molecule has 1 saturated carbocycles. The van der Waals surface area contributed by atoms with Crippen LogP contribution in [0, 0.1) is 0 Å². The Bertz CT molecular complexity index is 388. The first-order valence-corrected chi connectivity index (χ1v) is 6.02. The molecule has 0 aliphatic heterocycles. The quantitative estimate of drug-likeness (QED) is 0.807. The fourth-order valence-electron chi connectivity index (χ4n) is 1.95. The predicted molar refractivity (Wildman–Crippen MR) is 69.2 cm³/mol. The lowest BCUT2D eigenvalue weighted by Gasteiger charge is -2.34. The average Bonchev–Trinajstić information content (AvgIpc) is 2.15. The Balaban J connectivity index is 2.02. The Morgan fingerprint density at radius 1 is 1.62 bits per heavy atom. The van der Waals surface area contributed by atoms with Crippen LogP contribution in [0.1, 0.15) is 30.5 Å².